The van der Waals surface area contributed by atoms with Gasteiger partial charge in [0.2, 0.25) is 0 Å². The van der Waals surface area contributed by atoms with Gasteiger partial charge in [0.1, 0.15) is 11.5 Å². The van der Waals surface area contributed by atoms with Crippen LogP contribution in [-0.4, -0.2) is 14.2 Å². The van der Waals surface area contributed by atoms with Crippen LogP contribution in [0.4, 0.5) is 0 Å². The van der Waals surface area contributed by atoms with Crippen LogP contribution < -0.4 is 9.47 Å². The molecule has 6 rings (SSSR count). The van der Waals surface area contributed by atoms with Crippen LogP contribution in [0.2, 0.25) is 0 Å². The Kier molecular flexibility index (Phi) is 4.92. The van der Waals surface area contributed by atoms with Crippen LogP contribution in [0.15, 0.2) is 109 Å². The lowest BCUT2D eigenvalue weighted by Gasteiger charge is -2.16. The topological polar surface area (TPSA) is 18.5 Å². The number of methoxy groups -OCH3 is 2. The normalized spacial score (nSPS) is 11.2. The number of rotatable bonds is 4. The molecule has 0 amide bonds. The van der Waals surface area contributed by atoms with Crippen molar-refractivity contribution in [1.82, 2.24) is 0 Å². The molecule has 0 aliphatic carbocycles. The predicted molar refractivity (Wildman–Crippen MR) is 143 cm³/mol. The van der Waals surface area contributed by atoms with Gasteiger partial charge in [-0.1, -0.05) is 72.8 Å². The van der Waals surface area contributed by atoms with E-state index >= 15 is 0 Å². The Hall–Kier alpha value is -4.30. The van der Waals surface area contributed by atoms with Crippen LogP contribution in [0.1, 0.15) is 0 Å². The Labute approximate surface area is 199 Å². The van der Waals surface area contributed by atoms with Crippen LogP contribution >= 0.6 is 0 Å². The number of ether oxygens (including phenoxy) is 2. The van der Waals surface area contributed by atoms with Crippen LogP contribution in [0.3, 0.4) is 0 Å². The highest BCUT2D eigenvalue weighted by Crippen LogP contribution is 2.42. The second-order valence-electron chi connectivity index (χ2n) is 8.49. The van der Waals surface area contributed by atoms with Gasteiger partial charge in [0.25, 0.3) is 0 Å². The molecule has 0 saturated heterocycles. The highest BCUT2D eigenvalue weighted by molar-refractivity contribution is 6.25. The van der Waals surface area contributed by atoms with E-state index < -0.39 is 0 Å². The number of benzene rings is 6. The molecule has 0 atom stereocenters. The molecule has 0 aliphatic rings. The van der Waals surface area contributed by atoms with Gasteiger partial charge in [-0.15, -0.1) is 0 Å². The van der Waals surface area contributed by atoms with Gasteiger partial charge in [0, 0.05) is 0 Å². The summed E-state index contributed by atoms with van der Waals surface area (Å²) in [6, 6.07) is 38.7. The summed E-state index contributed by atoms with van der Waals surface area (Å²) >= 11 is 0. The second kappa shape index (κ2) is 8.24. The summed E-state index contributed by atoms with van der Waals surface area (Å²) in [5, 5.41) is 7.56. The molecule has 0 saturated carbocycles. The third-order valence-electron chi connectivity index (χ3n) is 6.66. The Morgan fingerprint density at radius 3 is 1.21 bits per heavy atom. The average molecular weight is 441 g/mol. The molecule has 2 heteroatoms. The lowest BCUT2D eigenvalue weighted by Crippen LogP contribution is -1.89. The van der Waals surface area contributed by atoms with E-state index in [1.807, 2.05) is 24.3 Å². The van der Waals surface area contributed by atoms with Gasteiger partial charge in [-0.3, -0.25) is 0 Å². The molecule has 0 aliphatic heterocycles. The van der Waals surface area contributed by atoms with Crippen LogP contribution in [0.5, 0.6) is 11.5 Å². The molecule has 0 heterocycles. The lowest BCUT2D eigenvalue weighted by atomic mass is 9.87. The fraction of sp³-hybridized carbons (Fsp3) is 0.0625. The summed E-state index contributed by atoms with van der Waals surface area (Å²) in [5.74, 6) is 1.73. The maximum Gasteiger partial charge on any atom is 0.118 e. The van der Waals surface area contributed by atoms with Crippen LogP contribution in [0, 0.1) is 0 Å². The van der Waals surface area contributed by atoms with Crippen molar-refractivity contribution in [2.75, 3.05) is 14.2 Å². The molecule has 0 N–H and O–H groups in total. The summed E-state index contributed by atoms with van der Waals surface area (Å²) < 4.78 is 10.8. The lowest BCUT2D eigenvalue weighted by molar-refractivity contribution is 0.415. The molecule has 2 nitrogen and oxygen atoms in total. The smallest absolute Gasteiger partial charge is 0.118 e. The first-order valence-corrected chi connectivity index (χ1v) is 11.4. The van der Waals surface area contributed by atoms with Crippen molar-refractivity contribution in [2.45, 2.75) is 0 Å². The highest BCUT2D eigenvalue weighted by atomic mass is 16.5. The van der Waals surface area contributed by atoms with Gasteiger partial charge in [-0.2, -0.15) is 0 Å². The standard InChI is InChI=1S/C32H24O2/c1-33-24-15-11-21(12-16-24)30-19-23-20-31(22-13-17-25(34-2)18-14-22)27-8-4-6-10-29(27)32(23)28-9-5-3-7-26(28)30/h3-20H,1-2H3. The number of hydrogen-bond donors (Lipinski definition) is 0. The fourth-order valence-electron chi connectivity index (χ4n) is 5.00. The zero-order valence-electron chi connectivity index (χ0n) is 19.2. The maximum atomic E-state index is 5.38. The molecule has 0 aromatic heterocycles. The summed E-state index contributed by atoms with van der Waals surface area (Å²) in [6.07, 6.45) is 0. The van der Waals surface area contributed by atoms with Gasteiger partial charge in [0.05, 0.1) is 14.2 Å². The van der Waals surface area contributed by atoms with Gasteiger partial charge in [0.15, 0.2) is 0 Å². The van der Waals surface area contributed by atoms with E-state index in [4.69, 9.17) is 9.47 Å². The van der Waals surface area contributed by atoms with Gasteiger partial charge in [-0.25, -0.2) is 0 Å². The van der Waals surface area contributed by atoms with Crippen molar-refractivity contribution in [3.05, 3.63) is 109 Å². The highest BCUT2D eigenvalue weighted by Gasteiger charge is 2.14. The SMILES string of the molecule is COc1ccc(-c2cc3cc(-c4ccc(OC)cc4)c4ccccc4c3c3ccccc23)cc1. The Morgan fingerprint density at radius 2 is 0.824 bits per heavy atom. The molecule has 0 fully saturated rings. The van der Waals surface area contributed by atoms with Crippen molar-refractivity contribution in [3.8, 4) is 33.8 Å². The molecule has 0 bridgehead atoms. The van der Waals surface area contributed by atoms with Crippen LogP contribution in [0.25, 0.3) is 54.6 Å². The van der Waals surface area contributed by atoms with E-state index in [2.05, 4.69) is 84.9 Å². The third-order valence-corrected chi connectivity index (χ3v) is 6.66. The number of hydrogen-bond acceptors (Lipinski definition) is 2. The Bertz CT molecular complexity index is 1520. The van der Waals surface area contributed by atoms with E-state index in [9.17, 15) is 0 Å². The molecule has 0 spiro atoms. The van der Waals surface area contributed by atoms with Crippen molar-refractivity contribution in [1.29, 1.82) is 0 Å². The molecule has 0 unspecified atom stereocenters. The van der Waals surface area contributed by atoms with Crippen molar-refractivity contribution in [3.63, 3.8) is 0 Å². The molecule has 164 valence electrons. The van der Waals surface area contributed by atoms with E-state index in [1.54, 1.807) is 14.2 Å². The monoisotopic (exact) mass is 440 g/mol. The first-order valence-electron chi connectivity index (χ1n) is 11.4. The summed E-state index contributed by atoms with van der Waals surface area (Å²) in [5.41, 5.74) is 4.81. The largest absolute Gasteiger partial charge is 0.497 e. The summed E-state index contributed by atoms with van der Waals surface area (Å²) in [6.45, 7) is 0. The fourth-order valence-corrected chi connectivity index (χ4v) is 5.00. The minimum absolute atomic E-state index is 0.863. The maximum absolute atomic E-state index is 5.38. The molecule has 6 aromatic rings. The molecule has 0 radical (unpaired) electrons. The number of fused-ring (bicyclic) bond motifs is 5. The minimum Gasteiger partial charge on any atom is -0.497 e. The van der Waals surface area contributed by atoms with E-state index in [-0.39, 0.29) is 0 Å². The van der Waals surface area contributed by atoms with Crippen molar-refractivity contribution < 1.29 is 9.47 Å². The molecular formula is C32H24O2. The Balaban J connectivity index is 1.71. The first kappa shape index (κ1) is 20.3. The third kappa shape index (κ3) is 3.27. The average Bonchev–Trinajstić information content (AvgIpc) is 2.92. The summed E-state index contributed by atoms with van der Waals surface area (Å²) in [4.78, 5) is 0. The van der Waals surface area contributed by atoms with Gasteiger partial charge >= 0.3 is 0 Å². The molecule has 6 aromatic carbocycles. The summed E-state index contributed by atoms with van der Waals surface area (Å²) in [7, 11) is 3.40. The molecular weight excluding hydrogens is 416 g/mol. The molecule has 34 heavy (non-hydrogen) atoms. The van der Waals surface area contributed by atoms with E-state index in [0.717, 1.165) is 11.5 Å². The second-order valence-corrected chi connectivity index (χ2v) is 8.49. The first-order chi connectivity index (χ1) is 16.8. The minimum atomic E-state index is 0.863. The zero-order valence-corrected chi connectivity index (χ0v) is 19.2. The predicted octanol–water partition coefficient (Wildman–Crippen LogP) is 8.50. The van der Waals surface area contributed by atoms with Crippen molar-refractivity contribution >= 4 is 32.3 Å². The van der Waals surface area contributed by atoms with E-state index in [1.165, 1.54) is 54.6 Å². The quantitative estimate of drug-likeness (QED) is 0.256. The van der Waals surface area contributed by atoms with Crippen LogP contribution in [-0.2, 0) is 0 Å². The Morgan fingerprint density at radius 1 is 0.441 bits per heavy atom. The van der Waals surface area contributed by atoms with Gasteiger partial charge in [-0.05, 0) is 91.0 Å². The van der Waals surface area contributed by atoms with Gasteiger partial charge < -0.3 is 9.47 Å². The van der Waals surface area contributed by atoms with E-state index in [0.29, 0.717) is 0 Å². The van der Waals surface area contributed by atoms with Crippen molar-refractivity contribution in [2.24, 2.45) is 0 Å². The zero-order chi connectivity index (χ0) is 23.1.